The number of rotatable bonds is 2. The van der Waals surface area contributed by atoms with Crippen LogP contribution >= 0.6 is 11.6 Å². The summed E-state index contributed by atoms with van der Waals surface area (Å²) >= 11 is 6.25. The third-order valence-corrected chi connectivity index (χ3v) is 4.08. The van der Waals surface area contributed by atoms with E-state index in [2.05, 4.69) is 47.4 Å². The molecular weight excluding hydrogens is 242 g/mol. The van der Waals surface area contributed by atoms with E-state index in [0.717, 1.165) is 19.5 Å². The minimum atomic E-state index is 0.328. The lowest BCUT2D eigenvalue weighted by Gasteiger charge is -2.30. The first-order valence-corrected chi connectivity index (χ1v) is 7.09. The maximum absolute atomic E-state index is 6.25. The van der Waals surface area contributed by atoms with E-state index in [-0.39, 0.29) is 0 Å². The summed E-state index contributed by atoms with van der Waals surface area (Å²) in [5, 5.41) is 3.03. The first kappa shape index (κ1) is 12.0. The van der Waals surface area contributed by atoms with Gasteiger partial charge in [0, 0.05) is 18.5 Å². The highest BCUT2D eigenvalue weighted by Crippen LogP contribution is 2.22. The van der Waals surface area contributed by atoms with Gasteiger partial charge in [-0.1, -0.05) is 42.5 Å². The monoisotopic (exact) mass is 259 g/mol. The summed E-state index contributed by atoms with van der Waals surface area (Å²) in [7, 11) is 0. The quantitative estimate of drug-likeness (QED) is 0.736. The van der Waals surface area contributed by atoms with Crippen molar-refractivity contribution in [1.82, 2.24) is 4.90 Å². The zero-order valence-electron chi connectivity index (χ0n) is 10.5. The molecule has 1 heterocycles. The SMILES string of the molecule is ClC1CCCN(Cc2cccc3ccccc23)C1. The number of hydrogen-bond donors (Lipinski definition) is 0. The second-order valence-electron chi connectivity index (χ2n) is 5.11. The number of fused-ring (bicyclic) bond motifs is 1. The van der Waals surface area contributed by atoms with Crippen molar-refractivity contribution in [3.63, 3.8) is 0 Å². The third-order valence-electron chi connectivity index (χ3n) is 3.72. The fraction of sp³-hybridized carbons (Fsp3) is 0.375. The topological polar surface area (TPSA) is 3.24 Å². The van der Waals surface area contributed by atoms with E-state index in [4.69, 9.17) is 11.6 Å². The number of halogens is 1. The van der Waals surface area contributed by atoms with Gasteiger partial charge in [0.2, 0.25) is 0 Å². The van der Waals surface area contributed by atoms with Crippen LogP contribution in [0.4, 0.5) is 0 Å². The van der Waals surface area contributed by atoms with Crippen LogP contribution in [0.15, 0.2) is 42.5 Å². The Morgan fingerprint density at radius 3 is 2.83 bits per heavy atom. The highest BCUT2D eigenvalue weighted by molar-refractivity contribution is 6.20. The summed E-state index contributed by atoms with van der Waals surface area (Å²) in [4.78, 5) is 2.48. The third kappa shape index (κ3) is 2.52. The molecule has 0 aromatic heterocycles. The molecule has 0 N–H and O–H groups in total. The molecule has 1 fully saturated rings. The number of benzene rings is 2. The van der Waals surface area contributed by atoms with Gasteiger partial charge in [-0.2, -0.15) is 0 Å². The van der Waals surface area contributed by atoms with Gasteiger partial charge in [0.05, 0.1) is 0 Å². The largest absolute Gasteiger partial charge is 0.298 e. The summed E-state index contributed by atoms with van der Waals surface area (Å²) in [6.45, 7) is 3.21. The normalized spacial score (nSPS) is 21.3. The molecule has 1 atom stereocenters. The molecule has 2 heteroatoms. The van der Waals surface area contributed by atoms with Gasteiger partial charge >= 0.3 is 0 Å². The van der Waals surface area contributed by atoms with Crippen molar-refractivity contribution in [2.24, 2.45) is 0 Å². The number of likely N-dealkylation sites (tertiary alicyclic amines) is 1. The van der Waals surface area contributed by atoms with Crippen molar-refractivity contribution in [1.29, 1.82) is 0 Å². The van der Waals surface area contributed by atoms with Crippen molar-refractivity contribution in [3.05, 3.63) is 48.0 Å². The molecule has 1 aliphatic heterocycles. The smallest absolute Gasteiger partial charge is 0.0463 e. The Balaban J connectivity index is 1.86. The minimum Gasteiger partial charge on any atom is -0.298 e. The van der Waals surface area contributed by atoms with Crippen molar-refractivity contribution in [2.45, 2.75) is 24.8 Å². The number of piperidine rings is 1. The lowest BCUT2D eigenvalue weighted by Crippen LogP contribution is -2.35. The average molecular weight is 260 g/mol. The van der Waals surface area contributed by atoms with Gasteiger partial charge in [0.1, 0.15) is 0 Å². The van der Waals surface area contributed by atoms with Gasteiger partial charge in [-0.15, -0.1) is 11.6 Å². The van der Waals surface area contributed by atoms with Crippen molar-refractivity contribution < 1.29 is 0 Å². The van der Waals surface area contributed by atoms with E-state index >= 15 is 0 Å². The zero-order chi connectivity index (χ0) is 12.4. The van der Waals surface area contributed by atoms with Gasteiger partial charge in [-0.05, 0) is 35.7 Å². The van der Waals surface area contributed by atoms with Crippen LogP contribution in [0, 0.1) is 0 Å². The molecule has 0 aliphatic carbocycles. The molecule has 1 unspecified atom stereocenters. The first-order valence-electron chi connectivity index (χ1n) is 6.66. The Hall–Kier alpha value is -1.05. The predicted octanol–water partition coefficient (Wildman–Crippen LogP) is 4.04. The van der Waals surface area contributed by atoms with Crippen LogP contribution in [0.5, 0.6) is 0 Å². The molecule has 94 valence electrons. The Morgan fingerprint density at radius 2 is 1.94 bits per heavy atom. The Bertz CT molecular complexity index is 532. The standard InChI is InChI=1S/C16H18ClN/c17-15-8-4-10-18(12-15)11-14-7-3-6-13-5-1-2-9-16(13)14/h1-3,5-7,9,15H,4,8,10-12H2. The van der Waals surface area contributed by atoms with E-state index in [9.17, 15) is 0 Å². The van der Waals surface area contributed by atoms with Crippen LogP contribution < -0.4 is 0 Å². The first-order chi connectivity index (χ1) is 8.83. The van der Waals surface area contributed by atoms with Crippen molar-refractivity contribution >= 4 is 22.4 Å². The maximum Gasteiger partial charge on any atom is 0.0463 e. The molecule has 1 nitrogen and oxygen atoms in total. The molecule has 0 bridgehead atoms. The fourth-order valence-corrected chi connectivity index (χ4v) is 3.16. The highest BCUT2D eigenvalue weighted by atomic mass is 35.5. The van der Waals surface area contributed by atoms with Gasteiger partial charge in [0.15, 0.2) is 0 Å². The Kier molecular flexibility index (Phi) is 3.53. The average Bonchev–Trinajstić information content (AvgIpc) is 2.39. The molecule has 2 aromatic carbocycles. The number of nitrogens with zero attached hydrogens (tertiary/aromatic N) is 1. The molecule has 0 radical (unpaired) electrons. The van der Waals surface area contributed by atoms with Crippen LogP contribution in [-0.4, -0.2) is 23.4 Å². The molecule has 0 spiro atoms. The van der Waals surface area contributed by atoms with E-state index in [1.807, 2.05) is 0 Å². The van der Waals surface area contributed by atoms with Gasteiger partial charge in [-0.3, -0.25) is 4.90 Å². The lowest BCUT2D eigenvalue weighted by molar-refractivity contribution is 0.225. The molecule has 1 saturated heterocycles. The van der Waals surface area contributed by atoms with E-state index in [1.165, 1.54) is 29.3 Å². The van der Waals surface area contributed by atoms with Gasteiger partial charge < -0.3 is 0 Å². The molecule has 1 aliphatic rings. The van der Waals surface area contributed by atoms with Crippen molar-refractivity contribution in [3.8, 4) is 0 Å². The van der Waals surface area contributed by atoms with Gasteiger partial charge in [-0.25, -0.2) is 0 Å². The summed E-state index contributed by atoms with van der Waals surface area (Å²) in [6.07, 6.45) is 2.38. The Morgan fingerprint density at radius 1 is 1.11 bits per heavy atom. The zero-order valence-corrected chi connectivity index (χ0v) is 11.2. The molecule has 3 rings (SSSR count). The van der Waals surface area contributed by atoms with E-state index in [1.54, 1.807) is 0 Å². The maximum atomic E-state index is 6.25. The second kappa shape index (κ2) is 5.29. The van der Waals surface area contributed by atoms with E-state index < -0.39 is 0 Å². The number of alkyl halides is 1. The highest BCUT2D eigenvalue weighted by Gasteiger charge is 2.18. The summed E-state index contributed by atoms with van der Waals surface area (Å²) in [6, 6.07) is 15.2. The molecular formula is C16H18ClN. The van der Waals surface area contributed by atoms with Crippen LogP contribution in [0.2, 0.25) is 0 Å². The molecule has 2 aromatic rings. The Labute approximate surface area is 113 Å². The molecule has 18 heavy (non-hydrogen) atoms. The lowest BCUT2D eigenvalue weighted by atomic mass is 10.0. The molecule has 0 saturated carbocycles. The van der Waals surface area contributed by atoms with Crippen molar-refractivity contribution in [2.75, 3.05) is 13.1 Å². The van der Waals surface area contributed by atoms with E-state index in [0.29, 0.717) is 5.38 Å². The predicted molar refractivity (Wildman–Crippen MR) is 78.1 cm³/mol. The summed E-state index contributed by atoms with van der Waals surface area (Å²) in [5.41, 5.74) is 1.42. The van der Waals surface area contributed by atoms with Crippen LogP contribution in [0.1, 0.15) is 18.4 Å². The fourth-order valence-electron chi connectivity index (χ4n) is 2.81. The molecule has 0 amide bonds. The van der Waals surface area contributed by atoms with Gasteiger partial charge in [0.25, 0.3) is 0 Å². The number of hydrogen-bond acceptors (Lipinski definition) is 1. The summed E-state index contributed by atoms with van der Waals surface area (Å²) in [5.74, 6) is 0. The summed E-state index contributed by atoms with van der Waals surface area (Å²) < 4.78 is 0. The van der Waals surface area contributed by atoms with Crippen LogP contribution in [0.3, 0.4) is 0 Å². The van der Waals surface area contributed by atoms with Crippen LogP contribution in [-0.2, 0) is 6.54 Å². The minimum absolute atomic E-state index is 0.328. The van der Waals surface area contributed by atoms with Crippen LogP contribution in [0.25, 0.3) is 10.8 Å². The second-order valence-corrected chi connectivity index (χ2v) is 5.73.